The Bertz CT molecular complexity index is 600. The second-order valence-electron chi connectivity index (χ2n) is 6.17. The van der Waals surface area contributed by atoms with Crippen molar-refractivity contribution in [1.29, 1.82) is 0 Å². The first-order chi connectivity index (χ1) is 9.64. The van der Waals surface area contributed by atoms with Crippen molar-refractivity contribution in [2.75, 3.05) is 7.11 Å². The molecule has 2 aromatic rings. The highest BCUT2D eigenvalue weighted by molar-refractivity contribution is 5.83. The molecule has 0 aliphatic heterocycles. The van der Waals surface area contributed by atoms with Crippen LogP contribution in [-0.2, 0) is 0 Å². The predicted molar refractivity (Wildman–Crippen MR) is 78.8 cm³/mol. The Balaban J connectivity index is 2.05. The van der Waals surface area contributed by atoms with Crippen LogP contribution in [0.25, 0.3) is 10.9 Å². The van der Waals surface area contributed by atoms with E-state index >= 15 is 0 Å². The van der Waals surface area contributed by atoms with E-state index in [4.69, 9.17) is 4.74 Å². The van der Waals surface area contributed by atoms with Crippen molar-refractivity contribution in [2.45, 2.75) is 45.1 Å². The number of benzene rings is 1. The fourth-order valence-electron chi connectivity index (χ4n) is 3.40. The normalized spacial score (nSPS) is 19.9. The van der Waals surface area contributed by atoms with Gasteiger partial charge in [-0.05, 0) is 30.4 Å². The minimum absolute atomic E-state index is 0.0529. The molecule has 1 heterocycles. The summed E-state index contributed by atoms with van der Waals surface area (Å²) in [6, 6.07) is 3.88. The number of aliphatic hydroxyl groups is 1. The van der Waals surface area contributed by atoms with Crippen LogP contribution < -0.4 is 4.74 Å². The smallest absolute Gasteiger partial charge is 0.120 e. The summed E-state index contributed by atoms with van der Waals surface area (Å²) in [5, 5.41) is 19.0. The molecule has 1 atom stereocenters. The number of H-pyrrole nitrogens is 1. The molecule has 1 unspecified atom stereocenters. The van der Waals surface area contributed by atoms with E-state index in [1.807, 2.05) is 12.1 Å². The van der Waals surface area contributed by atoms with Gasteiger partial charge in [-0.2, -0.15) is 5.10 Å². The molecule has 0 bridgehead atoms. The first kappa shape index (κ1) is 13.4. The summed E-state index contributed by atoms with van der Waals surface area (Å²) in [5.74, 6) is 0.771. The number of fused-ring (bicyclic) bond motifs is 1. The van der Waals surface area contributed by atoms with Gasteiger partial charge >= 0.3 is 0 Å². The molecule has 1 aliphatic rings. The number of ether oxygens (including phenoxy) is 1. The van der Waals surface area contributed by atoms with Gasteiger partial charge in [-0.25, -0.2) is 0 Å². The number of hydrogen-bond acceptors (Lipinski definition) is 3. The van der Waals surface area contributed by atoms with Crippen molar-refractivity contribution < 1.29 is 9.84 Å². The van der Waals surface area contributed by atoms with E-state index in [2.05, 4.69) is 17.1 Å². The van der Waals surface area contributed by atoms with Gasteiger partial charge in [0.25, 0.3) is 0 Å². The monoisotopic (exact) mass is 274 g/mol. The lowest BCUT2D eigenvalue weighted by atomic mass is 9.70. The van der Waals surface area contributed by atoms with Gasteiger partial charge in [-0.15, -0.1) is 0 Å². The zero-order chi connectivity index (χ0) is 14.2. The third-order valence-corrected chi connectivity index (χ3v) is 4.74. The molecule has 1 saturated carbocycles. The first-order valence-corrected chi connectivity index (χ1v) is 7.33. The van der Waals surface area contributed by atoms with E-state index in [1.165, 1.54) is 19.3 Å². The lowest BCUT2D eigenvalue weighted by molar-refractivity contribution is 0.00896. The molecule has 1 fully saturated rings. The summed E-state index contributed by atoms with van der Waals surface area (Å²) in [4.78, 5) is 0. The summed E-state index contributed by atoms with van der Waals surface area (Å²) >= 11 is 0. The Hall–Kier alpha value is -1.55. The van der Waals surface area contributed by atoms with Crippen LogP contribution in [0.5, 0.6) is 5.75 Å². The van der Waals surface area contributed by atoms with Crippen LogP contribution in [0.1, 0.15) is 50.7 Å². The number of rotatable bonds is 3. The fourth-order valence-corrected chi connectivity index (χ4v) is 3.40. The first-order valence-electron chi connectivity index (χ1n) is 7.33. The van der Waals surface area contributed by atoms with Gasteiger partial charge in [0, 0.05) is 10.9 Å². The highest BCUT2D eigenvalue weighted by Gasteiger charge is 2.36. The molecule has 2 N–H and O–H groups in total. The van der Waals surface area contributed by atoms with Crippen molar-refractivity contribution >= 4 is 10.9 Å². The average Bonchev–Trinajstić information content (AvgIpc) is 2.94. The molecule has 4 heteroatoms. The molecule has 0 amide bonds. The maximum atomic E-state index is 10.9. The lowest BCUT2D eigenvalue weighted by Crippen LogP contribution is -2.28. The van der Waals surface area contributed by atoms with Gasteiger partial charge in [0.15, 0.2) is 0 Å². The number of nitrogens with one attached hydrogen (secondary N) is 1. The van der Waals surface area contributed by atoms with Crippen LogP contribution in [0.2, 0.25) is 0 Å². The van der Waals surface area contributed by atoms with Crippen LogP contribution in [0.15, 0.2) is 18.3 Å². The Labute approximate surface area is 119 Å². The van der Waals surface area contributed by atoms with E-state index < -0.39 is 6.10 Å². The Kier molecular flexibility index (Phi) is 3.42. The number of aromatic nitrogens is 2. The number of hydrogen-bond donors (Lipinski definition) is 2. The minimum Gasteiger partial charge on any atom is -0.497 e. The topological polar surface area (TPSA) is 58.1 Å². The molecule has 108 valence electrons. The lowest BCUT2D eigenvalue weighted by Gasteiger charge is -2.38. The second kappa shape index (κ2) is 5.09. The van der Waals surface area contributed by atoms with Gasteiger partial charge < -0.3 is 9.84 Å². The van der Waals surface area contributed by atoms with E-state index in [1.54, 1.807) is 13.3 Å². The summed E-state index contributed by atoms with van der Waals surface area (Å²) < 4.78 is 5.35. The van der Waals surface area contributed by atoms with Crippen molar-refractivity contribution in [3.8, 4) is 5.75 Å². The second-order valence-corrected chi connectivity index (χ2v) is 6.17. The SMILES string of the molecule is COc1cc(C(O)C2(C)CCCCC2)c2[nH]ncc2c1. The molecule has 1 aliphatic carbocycles. The average molecular weight is 274 g/mol. The Morgan fingerprint density at radius 3 is 2.75 bits per heavy atom. The number of methoxy groups -OCH3 is 1. The van der Waals surface area contributed by atoms with Crippen molar-refractivity contribution in [2.24, 2.45) is 5.41 Å². The summed E-state index contributed by atoms with van der Waals surface area (Å²) in [7, 11) is 1.65. The van der Waals surface area contributed by atoms with Crippen LogP contribution in [0.4, 0.5) is 0 Å². The van der Waals surface area contributed by atoms with Gasteiger partial charge in [-0.1, -0.05) is 26.2 Å². The standard InChI is InChI=1S/C16H22N2O2/c1-16(6-4-3-5-7-16)15(19)13-9-12(20-2)8-11-10-17-18-14(11)13/h8-10,15,19H,3-7H2,1-2H3,(H,17,18). The van der Waals surface area contributed by atoms with E-state index in [9.17, 15) is 5.11 Å². The zero-order valence-electron chi connectivity index (χ0n) is 12.1. The number of nitrogens with zero attached hydrogens (tertiary/aromatic N) is 1. The molecule has 0 saturated heterocycles. The minimum atomic E-state index is -0.485. The van der Waals surface area contributed by atoms with Crippen molar-refractivity contribution in [3.05, 3.63) is 23.9 Å². The third kappa shape index (κ3) is 2.18. The van der Waals surface area contributed by atoms with Crippen molar-refractivity contribution in [1.82, 2.24) is 10.2 Å². The summed E-state index contributed by atoms with van der Waals surface area (Å²) in [6.45, 7) is 2.19. The molecular formula is C16H22N2O2. The van der Waals surface area contributed by atoms with Crippen LogP contribution in [-0.4, -0.2) is 22.4 Å². The molecule has 1 aromatic heterocycles. The van der Waals surface area contributed by atoms with Crippen LogP contribution >= 0.6 is 0 Å². The summed E-state index contributed by atoms with van der Waals surface area (Å²) in [5.41, 5.74) is 1.77. The summed E-state index contributed by atoms with van der Waals surface area (Å²) in [6.07, 6.45) is 7.10. The third-order valence-electron chi connectivity index (χ3n) is 4.74. The zero-order valence-corrected chi connectivity index (χ0v) is 12.1. The Morgan fingerprint density at radius 1 is 1.30 bits per heavy atom. The van der Waals surface area contributed by atoms with Gasteiger partial charge in [0.2, 0.25) is 0 Å². The molecule has 0 spiro atoms. The van der Waals surface area contributed by atoms with Crippen molar-refractivity contribution in [3.63, 3.8) is 0 Å². The van der Waals surface area contributed by atoms with E-state index in [-0.39, 0.29) is 5.41 Å². The Morgan fingerprint density at radius 2 is 2.05 bits per heavy atom. The molecule has 4 nitrogen and oxygen atoms in total. The van der Waals surface area contributed by atoms with Crippen LogP contribution in [0, 0.1) is 5.41 Å². The molecule has 3 rings (SSSR count). The van der Waals surface area contributed by atoms with Crippen LogP contribution in [0.3, 0.4) is 0 Å². The largest absolute Gasteiger partial charge is 0.497 e. The molecular weight excluding hydrogens is 252 g/mol. The predicted octanol–water partition coefficient (Wildman–Crippen LogP) is 3.58. The number of aliphatic hydroxyl groups excluding tert-OH is 1. The molecule has 20 heavy (non-hydrogen) atoms. The van der Waals surface area contributed by atoms with Gasteiger partial charge in [0.05, 0.1) is 24.9 Å². The highest BCUT2D eigenvalue weighted by atomic mass is 16.5. The maximum absolute atomic E-state index is 10.9. The number of aromatic amines is 1. The quantitative estimate of drug-likeness (QED) is 0.899. The van der Waals surface area contributed by atoms with Gasteiger partial charge in [-0.3, -0.25) is 5.10 Å². The van der Waals surface area contributed by atoms with E-state index in [0.717, 1.165) is 35.1 Å². The highest BCUT2D eigenvalue weighted by Crippen LogP contribution is 2.47. The van der Waals surface area contributed by atoms with Gasteiger partial charge in [0.1, 0.15) is 5.75 Å². The van der Waals surface area contributed by atoms with E-state index in [0.29, 0.717) is 0 Å². The maximum Gasteiger partial charge on any atom is 0.120 e. The molecule has 1 aromatic carbocycles. The fraction of sp³-hybridized carbons (Fsp3) is 0.562. The molecule has 0 radical (unpaired) electrons.